The van der Waals surface area contributed by atoms with Gasteiger partial charge in [0.1, 0.15) is 0 Å². The molecule has 0 spiro atoms. The number of rotatable bonds is 5. The van der Waals surface area contributed by atoms with E-state index in [1.165, 1.54) is 0 Å². The first kappa shape index (κ1) is 21.0. The number of aromatic nitrogens is 2. The lowest BCUT2D eigenvalue weighted by molar-refractivity contribution is -0.132. The Morgan fingerprint density at radius 2 is 1.70 bits per heavy atom. The van der Waals surface area contributed by atoms with Gasteiger partial charge in [-0.25, -0.2) is 9.59 Å². The van der Waals surface area contributed by atoms with E-state index in [1.807, 2.05) is 29.2 Å². The molecular weight excluding hydrogens is 422 g/mol. The normalized spacial score (nSPS) is 16.5. The molecule has 170 valence electrons. The molecule has 33 heavy (non-hydrogen) atoms. The van der Waals surface area contributed by atoms with Crippen LogP contribution in [0, 0.1) is 0 Å². The van der Waals surface area contributed by atoms with Crippen LogP contribution in [0.15, 0.2) is 47.3 Å². The minimum atomic E-state index is -0.320. The van der Waals surface area contributed by atoms with Crippen LogP contribution in [-0.2, 0) is 11.3 Å². The van der Waals surface area contributed by atoms with Gasteiger partial charge in [-0.15, -0.1) is 0 Å². The number of carbonyl (C=O) groups is 3. The van der Waals surface area contributed by atoms with Crippen LogP contribution in [-0.4, -0.2) is 56.6 Å². The second kappa shape index (κ2) is 8.57. The van der Waals surface area contributed by atoms with Crippen LogP contribution in [0.4, 0.5) is 10.5 Å². The number of nitrogens with one attached hydrogen (secondary N) is 3. The van der Waals surface area contributed by atoms with Gasteiger partial charge in [0.2, 0.25) is 5.91 Å². The Bertz CT molecular complexity index is 1290. The number of imidazole rings is 1. The first-order valence-corrected chi connectivity index (χ1v) is 11.2. The van der Waals surface area contributed by atoms with Gasteiger partial charge in [-0.3, -0.25) is 9.59 Å². The fourth-order valence-corrected chi connectivity index (χ4v) is 4.67. The molecule has 0 aliphatic carbocycles. The summed E-state index contributed by atoms with van der Waals surface area (Å²) in [6.07, 6.45) is 1.69. The first-order valence-electron chi connectivity index (χ1n) is 11.2. The van der Waals surface area contributed by atoms with E-state index in [-0.39, 0.29) is 42.3 Å². The fraction of sp³-hybridized carbons (Fsp3) is 0.333. The predicted octanol–water partition coefficient (Wildman–Crippen LogP) is 2.86. The number of benzene rings is 2. The molecule has 1 saturated heterocycles. The van der Waals surface area contributed by atoms with Crippen molar-refractivity contribution < 1.29 is 14.4 Å². The molecule has 2 aliphatic rings. The standard InChI is InChI=1S/C24H25N5O4/c30-21(15-5-6-19-20(13-15)26-23(32)25-19)7-8-22(31)28-11-9-17(10-12-28)29-14-16-3-1-2-4-18(16)27-24(29)33/h1-6,13,17H,7-12,14H2,(H,27,33)(H2,25,26,32). The van der Waals surface area contributed by atoms with Gasteiger partial charge < -0.3 is 25.1 Å². The Morgan fingerprint density at radius 1 is 0.939 bits per heavy atom. The summed E-state index contributed by atoms with van der Waals surface area (Å²) in [4.78, 5) is 58.1. The van der Waals surface area contributed by atoms with Gasteiger partial charge in [0.15, 0.2) is 5.78 Å². The number of Topliss-reactive ketones (excluding diaryl/α,β-unsaturated/α-hetero) is 1. The number of hydrogen-bond donors (Lipinski definition) is 3. The zero-order valence-corrected chi connectivity index (χ0v) is 18.1. The lowest BCUT2D eigenvalue weighted by Crippen LogP contribution is -2.51. The van der Waals surface area contributed by atoms with Crippen molar-refractivity contribution in [3.63, 3.8) is 0 Å². The lowest BCUT2D eigenvalue weighted by atomic mass is 10.00. The number of ketones is 1. The number of piperidine rings is 1. The van der Waals surface area contributed by atoms with E-state index < -0.39 is 0 Å². The second-order valence-corrected chi connectivity index (χ2v) is 8.59. The minimum absolute atomic E-state index is 0.0497. The van der Waals surface area contributed by atoms with Crippen LogP contribution in [0.5, 0.6) is 0 Å². The molecule has 0 radical (unpaired) electrons. The summed E-state index contributed by atoms with van der Waals surface area (Å²) in [6.45, 7) is 1.71. The minimum Gasteiger partial charge on any atom is -0.343 e. The maximum absolute atomic E-state index is 12.7. The molecule has 0 saturated carbocycles. The number of carbonyl (C=O) groups excluding carboxylic acids is 3. The van der Waals surface area contributed by atoms with E-state index in [9.17, 15) is 19.2 Å². The van der Waals surface area contributed by atoms with Gasteiger partial charge in [0, 0.05) is 49.8 Å². The third kappa shape index (κ3) is 4.26. The van der Waals surface area contributed by atoms with Crippen molar-refractivity contribution >= 4 is 34.4 Å². The van der Waals surface area contributed by atoms with Crippen molar-refractivity contribution in [2.75, 3.05) is 18.4 Å². The van der Waals surface area contributed by atoms with Gasteiger partial charge >= 0.3 is 11.7 Å². The van der Waals surface area contributed by atoms with Crippen molar-refractivity contribution in [1.82, 2.24) is 19.8 Å². The topological polar surface area (TPSA) is 118 Å². The van der Waals surface area contributed by atoms with Crippen LogP contribution < -0.4 is 11.0 Å². The Morgan fingerprint density at radius 3 is 2.52 bits per heavy atom. The summed E-state index contributed by atoms with van der Waals surface area (Å²) in [6, 6.07) is 12.8. The highest BCUT2D eigenvalue weighted by molar-refractivity contribution is 6.00. The third-order valence-corrected chi connectivity index (χ3v) is 6.52. The molecule has 9 nitrogen and oxygen atoms in total. The maximum atomic E-state index is 12.7. The van der Waals surface area contributed by atoms with E-state index in [0.29, 0.717) is 49.1 Å². The van der Waals surface area contributed by atoms with Crippen molar-refractivity contribution in [2.24, 2.45) is 0 Å². The summed E-state index contributed by atoms with van der Waals surface area (Å²) in [5.41, 5.74) is 3.32. The van der Waals surface area contributed by atoms with Crippen molar-refractivity contribution in [1.29, 1.82) is 0 Å². The van der Waals surface area contributed by atoms with Gasteiger partial charge in [0.05, 0.1) is 11.0 Å². The molecule has 0 atom stereocenters. The molecule has 5 rings (SSSR count). The quantitative estimate of drug-likeness (QED) is 0.521. The summed E-state index contributed by atoms with van der Waals surface area (Å²) < 4.78 is 0. The molecule has 1 fully saturated rings. The van der Waals surface area contributed by atoms with Crippen LogP contribution >= 0.6 is 0 Å². The van der Waals surface area contributed by atoms with Crippen molar-refractivity contribution in [3.05, 3.63) is 64.1 Å². The average Bonchev–Trinajstić information content (AvgIpc) is 3.21. The molecule has 3 aromatic rings. The van der Waals surface area contributed by atoms with Crippen LogP contribution in [0.1, 0.15) is 41.6 Å². The summed E-state index contributed by atoms with van der Waals surface area (Å²) >= 11 is 0. The molecule has 0 bridgehead atoms. The molecule has 3 heterocycles. The summed E-state index contributed by atoms with van der Waals surface area (Å²) in [7, 11) is 0. The molecule has 3 N–H and O–H groups in total. The highest BCUT2D eigenvalue weighted by Crippen LogP contribution is 2.27. The zero-order chi connectivity index (χ0) is 22.9. The number of anilines is 1. The molecule has 1 aromatic heterocycles. The SMILES string of the molecule is O=C(CCC(=O)N1CCC(N2Cc3ccccc3NC2=O)CC1)c1ccc2[nH]c(=O)[nH]c2c1. The van der Waals surface area contributed by atoms with Gasteiger partial charge in [-0.1, -0.05) is 18.2 Å². The number of fused-ring (bicyclic) bond motifs is 2. The number of H-pyrrole nitrogens is 2. The first-order chi connectivity index (χ1) is 16.0. The van der Waals surface area contributed by atoms with Crippen LogP contribution in [0.2, 0.25) is 0 Å². The van der Waals surface area contributed by atoms with Gasteiger partial charge in [-0.05, 0) is 42.7 Å². The van der Waals surface area contributed by atoms with Crippen molar-refractivity contribution in [2.45, 2.75) is 38.3 Å². The second-order valence-electron chi connectivity index (χ2n) is 8.59. The number of urea groups is 1. The Kier molecular flexibility index (Phi) is 5.45. The third-order valence-electron chi connectivity index (χ3n) is 6.52. The maximum Gasteiger partial charge on any atom is 0.323 e. The van der Waals surface area contributed by atoms with Crippen molar-refractivity contribution in [3.8, 4) is 0 Å². The Labute approximate surface area is 189 Å². The summed E-state index contributed by atoms with van der Waals surface area (Å²) in [5.74, 6) is -0.183. The average molecular weight is 447 g/mol. The predicted molar refractivity (Wildman–Crippen MR) is 123 cm³/mol. The molecule has 3 amide bonds. The Balaban J connectivity index is 1.13. The smallest absolute Gasteiger partial charge is 0.323 e. The van der Waals surface area contributed by atoms with Gasteiger partial charge in [0.25, 0.3) is 0 Å². The largest absolute Gasteiger partial charge is 0.343 e. The number of para-hydroxylation sites is 1. The van der Waals surface area contributed by atoms with Gasteiger partial charge in [-0.2, -0.15) is 0 Å². The highest BCUT2D eigenvalue weighted by Gasteiger charge is 2.32. The lowest BCUT2D eigenvalue weighted by Gasteiger charge is -2.40. The number of likely N-dealkylation sites (tertiary alicyclic amines) is 1. The molecule has 0 unspecified atom stereocenters. The highest BCUT2D eigenvalue weighted by atomic mass is 16.2. The number of nitrogens with zero attached hydrogens (tertiary/aromatic N) is 2. The van der Waals surface area contributed by atoms with E-state index in [4.69, 9.17) is 0 Å². The van der Waals surface area contributed by atoms with Crippen LogP contribution in [0.3, 0.4) is 0 Å². The van der Waals surface area contributed by atoms with Crippen LogP contribution in [0.25, 0.3) is 11.0 Å². The number of aromatic amines is 2. The molecule has 2 aromatic carbocycles. The van der Waals surface area contributed by atoms with E-state index in [2.05, 4.69) is 15.3 Å². The molecule has 9 heteroatoms. The molecule has 2 aliphatic heterocycles. The Hall–Kier alpha value is -3.88. The molecular formula is C24H25N5O4. The van der Waals surface area contributed by atoms with E-state index in [0.717, 1.165) is 11.3 Å². The monoisotopic (exact) mass is 447 g/mol. The number of amides is 3. The summed E-state index contributed by atoms with van der Waals surface area (Å²) in [5, 5.41) is 2.95. The van der Waals surface area contributed by atoms with E-state index in [1.54, 1.807) is 23.1 Å². The zero-order valence-electron chi connectivity index (χ0n) is 18.1. The van der Waals surface area contributed by atoms with E-state index >= 15 is 0 Å². The number of hydrogen-bond acceptors (Lipinski definition) is 4. The fourth-order valence-electron chi connectivity index (χ4n) is 4.67.